The second kappa shape index (κ2) is 8.67. The van der Waals surface area contributed by atoms with Crippen LogP contribution < -0.4 is 15.5 Å². The number of unbranched alkanes of at least 4 members (excludes halogenated alkanes) is 1. The smallest absolute Gasteiger partial charge is 0.224 e. The third-order valence-electron chi connectivity index (χ3n) is 4.19. The summed E-state index contributed by atoms with van der Waals surface area (Å²) in [5.74, 6) is 1.49. The highest BCUT2D eigenvalue weighted by Crippen LogP contribution is 2.29. The van der Waals surface area contributed by atoms with E-state index in [0.717, 1.165) is 62.9 Å². The number of aromatic nitrogens is 2. The van der Waals surface area contributed by atoms with Gasteiger partial charge in [0.05, 0.1) is 24.6 Å². The molecule has 1 saturated heterocycles. The van der Waals surface area contributed by atoms with Crippen LogP contribution in [-0.2, 0) is 4.74 Å². The number of hydrogen-bond acceptors (Lipinski definition) is 6. The second-order valence-electron chi connectivity index (χ2n) is 6.24. The molecule has 0 saturated carbocycles. The molecule has 6 nitrogen and oxygen atoms in total. The van der Waals surface area contributed by atoms with E-state index in [9.17, 15) is 0 Å². The minimum absolute atomic E-state index is 0.680. The number of aryl methyl sites for hydroxylation is 1. The Labute approximate surface area is 149 Å². The summed E-state index contributed by atoms with van der Waals surface area (Å²) in [4.78, 5) is 11.4. The molecule has 0 bridgehead atoms. The van der Waals surface area contributed by atoms with E-state index in [4.69, 9.17) is 4.74 Å². The quantitative estimate of drug-likeness (QED) is 0.751. The molecular weight excluding hydrogens is 314 g/mol. The molecule has 2 heterocycles. The number of nitrogens with zero attached hydrogens (tertiary/aromatic N) is 3. The maximum atomic E-state index is 5.47. The lowest BCUT2D eigenvalue weighted by Crippen LogP contribution is -2.36. The van der Waals surface area contributed by atoms with Gasteiger partial charge in [0.25, 0.3) is 0 Å². The predicted octanol–water partition coefficient (Wildman–Crippen LogP) is 3.58. The summed E-state index contributed by atoms with van der Waals surface area (Å²) < 4.78 is 5.47. The van der Waals surface area contributed by atoms with Gasteiger partial charge in [0.2, 0.25) is 5.95 Å². The van der Waals surface area contributed by atoms with Crippen molar-refractivity contribution in [1.29, 1.82) is 0 Å². The molecule has 6 heteroatoms. The van der Waals surface area contributed by atoms with E-state index in [-0.39, 0.29) is 0 Å². The number of hydrogen-bond donors (Lipinski definition) is 2. The molecule has 1 aliphatic heterocycles. The molecule has 25 heavy (non-hydrogen) atoms. The van der Waals surface area contributed by atoms with Crippen molar-refractivity contribution in [3.8, 4) is 0 Å². The lowest BCUT2D eigenvalue weighted by Gasteiger charge is -2.30. The minimum Gasteiger partial charge on any atom is -0.378 e. The Bertz CT molecular complexity index is 685. The number of ether oxygens (including phenoxy) is 1. The van der Waals surface area contributed by atoms with Crippen LogP contribution in [0.1, 0.15) is 25.5 Å². The average molecular weight is 341 g/mol. The summed E-state index contributed by atoms with van der Waals surface area (Å²) in [6.07, 6.45) is 2.26. The lowest BCUT2D eigenvalue weighted by molar-refractivity contribution is 0.123. The van der Waals surface area contributed by atoms with Gasteiger partial charge < -0.3 is 20.3 Å². The third-order valence-corrected chi connectivity index (χ3v) is 4.19. The Balaban J connectivity index is 1.78. The van der Waals surface area contributed by atoms with E-state index in [2.05, 4.69) is 50.6 Å². The van der Waals surface area contributed by atoms with Gasteiger partial charge in [0.15, 0.2) is 0 Å². The summed E-state index contributed by atoms with van der Waals surface area (Å²) in [5, 5.41) is 6.77. The van der Waals surface area contributed by atoms with Gasteiger partial charge in [-0.05, 0) is 25.5 Å². The SMILES string of the molecule is CCCCNc1nc(C)cc(Nc2ccccc2N2CCOCC2)n1. The highest BCUT2D eigenvalue weighted by Gasteiger charge is 2.15. The van der Waals surface area contributed by atoms with Gasteiger partial charge in [-0.3, -0.25) is 0 Å². The molecule has 0 aliphatic carbocycles. The van der Waals surface area contributed by atoms with Crippen LogP contribution in [0.4, 0.5) is 23.1 Å². The van der Waals surface area contributed by atoms with E-state index < -0.39 is 0 Å². The summed E-state index contributed by atoms with van der Waals surface area (Å²) in [6.45, 7) is 8.42. The van der Waals surface area contributed by atoms with Gasteiger partial charge in [-0.1, -0.05) is 25.5 Å². The van der Waals surface area contributed by atoms with Crippen LogP contribution in [0.3, 0.4) is 0 Å². The van der Waals surface area contributed by atoms with Crippen molar-refractivity contribution in [1.82, 2.24) is 9.97 Å². The van der Waals surface area contributed by atoms with Gasteiger partial charge >= 0.3 is 0 Å². The first-order chi connectivity index (χ1) is 12.3. The van der Waals surface area contributed by atoms with Crippen molar-refractivity contribution in [3.63, 3.8) is 0 Å². The van der Waals surface area contributed by atoms with Crippen LogP contribution >= 0.6 is 0 Å². The first kappa shape index (κ1) is 17.5. The molecule has 0 amide bonds. The first-order valence-corrected chi connectivity index (χ1v) is 9.04. The molecule has 1 aliphatic rings. The number of morpholine rings is 1. The molecular formula is C19H27N5O. The van der Waals surface area contributed by atoms with Gasteiger partial charge in [0, 0.05) is 31.4 Å². The first-order valence-electron chi connectivity index (χ1n) is 9.04. The Hall–Kier alpha value is -2.34. The number of nitrogens with one attached hydrogen (secondary N) is 2. The van der Waals surface area contributed by atoms with Crippen LogP contribution in [0.25, 0.3) is 0 Å². The zero-order valence-electron chi connectivity index (χ0n) is 15.1. The Morgan fingerprint density at radius 3 is 2.76 bits per heavy atom. The molecule has 0 atom stereocenters. The normalized spacial score (nSPS) is 14.4. The molecule has 1 aromatic heterocycles. The maximum Gasteiger partial charge on any atom is 0.224 e. The average Bonchev–Trinajstić information content (AvgIpc) is 2.63. The standard InChI is InChI=1S/C19H27N5O/c1-3-4-9-20-19-21-15(2)14-18(23-19)22-16-7-5-6-8-17(16)24-10-12-25-13-11-24/h5-8,14H,3-4,9-13H2,1-2H3,(H2,20,21,22,23). The predicted molar refractivity (Wildman–Crippen MR) is 103 cm³/mol. The van der Waals surface area contributed by atoms with Crippen molar-refractivity contribution >= 4 is 23.1 Å². The molecule has 3 rings (SSSR count). The Morgan fingerprint density at radius 1 is 1.16 bits per heavy atom. The fourth-order valence-electron chi connectivity index (χ4n) is 2.89. The lowest BCUT2D eigenvalue weighted by atomic mass is 10.2. The van der Waals surface area contributed by atoms with Gasteiger partial charge in [-0.2, -0.15) is 4.98 Å². The minimum atomic E-state index is 0.680. The van der Waals surface area contributed by atoms with E-state index in [1.165, 1.54) is 5.69 Å². The van der Waals surface area contributed by atoms with E-state index in [0.29, 0.717) is 5.95 Å². The van der Waals surface area contributed by atoms with Crippen molar-refractivity contribution in [2.45, 2.75) is 26.7 Å². The zero-order chi connectivity index (χ0) is 17.5. The van der Waals surface area contributed by atoms with Gasteiger partial charge in [-0.15, -0.1) is 0 Å². The summed E-state index contributed by atoms with van der Waals surface area (Å²) in [6, 6.07) is 10.3. The van der Waals surface area contributed by atoms with Gasteiger partial charge in [-0.25, -0.2) is 4.98 Å². The highest BCUT2D eigenvalue weighted by atomic mass is 16.5. The Kier molecular flexibility index (Phi) is 6.06. The summed E-state index contributed by atoms with van der Waals surface area (Å²) in [7, 11) is 0. The molecule has 0 unspecified atom stereocenters. The van der Waals surface area contributed by atoms with E-state index in [1.54, 1.807) is 0 Å². The van der Waals surface area contributed by atoms with Crippen molar-refractivity contribution in [3.05, 3.63) is 36.0 Å². The van der Waals surface area contributed by atoms with Crippen molar-refractivity contribution in [2.75, 3.05) is 48.4 Å². The fourth-order valence-corrected chi connectivity index (χ4v) is 2.89. The molecule has 2 N–H and O–H groups in total. The van der Waals surface area contributed by atoms with Crippen LogP contribution in [0.2, 0.25) is 0 Å². The number of benzene rings is 1. The maximum absolute atomic E-state index is 5.47. The molecule has 1 aromatic carbocycles. The van der Waals surface area contributed by atoms with E-state index in [1.807, 2.05) is 19.1 Å². The van der Waals surface area contributed by atoms with Crippen molar-refractivity contribution < 1.29 is 4.74 Å². The molecule has 0 radical (unpaired) electrons. The summed E-state index contributed by atoms with van der Waals surface area (Å²) >= 11 is 0. The Morgan fingerprint density at radius 2 is 1.96 bits per heavy atom. The van der Waals surface area contributed by atoms with Crippen LogP contribution in [-0.4, -0.2) is 42.8 Å². The molecule has 0 spiro atoms. The van der Waals surface area contributed by atoms with Crippen molar-refractivity contribution in [2.24, 2.45) is 0 Å². The molecule has 134 valence electrons. The fraction of sp³-hybridized carbons (Fsp3) is 0.474. The number of rotatable bonds is 7. The zero-order valence-corrected chi connectivity index (χ0v) is 15.1. The monoisotopic (exact) mass is 341 g/mol. The number of para-hydroxylation sites is 2. The van der Waals surface area contributed by atoms with Crippen LogP contribution in [0, 0.1) is 6.92 Å². The largest absolute Gasteiger partial charge is 0.378 e. The van der Waals surface area contributed by atoms with Crippen LogP contribution in [0.5, 0.6) is 0 Å². The highest BCUT2D eigenvalue weighted by molar-refractivity contribution is 5.74. The van der Waals surface area contributed by atoms with Gasteiger partial charge in [0.1, 0.15) is 5.82 Å². The van der Waals surface area contributed by atoms with Crippen LogP contribution in [0.15, 0.2) is 30.3 Å². The summed E-state index contributed by atoms with van der Waals surface area (Å²) in [5.41, 5.74) is 3.19. The molecule has 2 aromatic rings. The van der Waals surface area contributed by atoms with E-state index >= 15 is 0 Å². The molecule has 1 fully saturated rings. The number of anilines is 4. The topological polar surface area (TPSA) is 62.3 Å². The third kappa shape index (κ3) is 4.82. The second-order valence-corrected chi connectivity index (χ2v) is 6.24.